The minimum absolute atomic E-state index is 0.0219. The predicted molar refractivity (Wildman–Crippen MR) is 110 cm³/mol. The first-order valence-electron chi connectivity index (χ1n) is 9.37. The molecular weight excluding hydrogens is 406 g/mol. The number of hydrogen-bond acceptors (Lipinski definition) is 7. The van der Waals surface area contributed by atoms with Gasteiger partial charge in [0.1, 0.15) is 29.2 Å². The van der Waals surface area contributed by atoms with E-state index in [1.165, 1.54) is 40.5 Å². The molecule has 8 nitrogen and oxygen atoms in total. The highest BCUT2D eigenvalue weighted by Crippen LogP contribution is 2.37. The second-order valence-corrected chi connectivity index (χ2v) is 7.89. The van der Waals surface area contributed by atoms with Crippen molar-refractivity contribution >= 4 is 27.9 Å². The van der Waals surface area contributed by atoms with Crippen LogP contribution in [0.2, 0.25) is 0 Å². The number of nitriles is 1. The normalized spacial score (nSPS) is 12.6. The van der Waals surface area contributed by atoms with Crippen LogP contribution in [0.15, 0.2) is 40.8 Å². The summed E-state index contributed by atoms with van der Waals surface area (Å²) in [6.07, 6.45) is 3.97. The molecule has 0 radical (unpaired) electrons. The molecule has 1 N–H and O–H groups in total. The summed E-state index contributed by atoms with van der Waals surface area (Å²) in [7, 11) is 0. The van der Waals surface area contributed by atoms with Gasteiger partial charge >= 0.3 is 0 Å². The molecule has 2 heterocycles. The zero-order chi connectivity index (χ0) is 21.1. The molecule has 0 saturated heterocycles. The summed E-state index contributed by atoms with van der Waals surface area (Å²) in [6.45, 7) is 0.0713. The third kappa shape index (κ3) is 4.04. The van der Waals surface area contributed by atoms with Gasteiger partial charge in [-0.25, -0.2) is 0 Å². The number of thiophene rings is 1. The molecule has 3 aromatic rings. The molecule has 9 heteroatoms. The fourth-order valence-corrected chi connectivity index (χ4v) is 4.57. The van der Waals surface area contributed by atoms with E-state index in [4.69, 9.17) is 9.15 Å². The van der Waals surface area contributed by atoms with Crippen molar-refractivity contribution in [1.82, 2.24) is 0 Å². The van der Waals surface area contributed by atoms with Gasteiger partial charge < -0.3 is 14.5 Å². The summed E-state index contributed by atoms with van der Waals surface area (Å²) in [6, 6.07) is 11.1. The Morgan fingerprint density at radius 3 is 2.73 bits per heavy atom. The number of rotatable bonds is 6. The van der Waals surface area contributed by atoms with Crippen LogP contribution < -0.4 is 10.1 Å². The Labute approximate surface area is 175 Å². The lowest BCUT2D eigenvalue weighted by molar-refractivity contribution is -0.384. The van der Waals surface area contributed by atoms with Crippen molar-refractivity contribution < 1.29 is 18.9 Å². The molecule has 0 saturated carbocycles. The van der Waals surface area contributed by atoms with Gasteiger partial charge in [0.25, 0.3) is 11.6 Å². The number of carbonyl (C=O) groups excluding carboxylic acids is 1. The van der Waals surface area contributed by atoms with Crippen LogP contribution in [0, 0.1) is 21.4 Å². The van der Waals surface area contributed by atoms with Crippen molar-refractivity contribution in [2.45, 2.75) is 32.3 Å². The number of nitro groups is 1. The molecule has 4 rings (SSSR count). The number of fused-ring (bicyclic) bond motifs is 1. The van der Waals surface area contributed by atoms with Gasteiger partial charge in [-0.3, -0.25) is 14.9 Å². The van der Waals surface area contributed by atoms with Gasteiger partial charge in [0, 0.05) is 17.0 Å². The summed E-state index contributed by atoms with van der Waals surface area (Å²) in [5.41, 5.74) is 1.59. The van der Waals surface area contributed by atoms with Crippen LogP contribution in [-0.2, 0) is 19.4 Å². The zero-order valence-electron chi connectivity index (χ0n) is 15.8. The molecule has 0 spiro atoms. The van der Waals surface area contributed by atoms with E-state index in [0.29, 0.717) is 22.1 Å². The highest BCUT2D eigenvalue weighted by molar-refractivity contribution is 7.16. The molecule has 1 aliphatic carbocycles. The quantitative estimate of drug-likeness (QED) is 0.448. The third-order valence-corrected chi connectivity index (χ3v) is 6.03. The number of hydrogen-bond donors (Lipinski definition) is 1. The van der Waals surface area contributed by atoms with Gasteiger partial charge in [0.05, 0.1) is 10.5 Å². The lowest BCUT2D eigenvalue weighted by Gasteiger charge is -2.09. The van der Waals surface area contributed by atoms with Crippen molar-refractivity contribution in [2.24, 2.45) is 0 Å². The maximum atomic E-state index is 12.6. The second kappa shape index (κ2) is 8.39. The Bertz CT molecular complexity index is 1140. The van der Waals surface area contributed by atoms with Crippen LogP contribution >= 0.6 is 11.3 Å². The van der Waals surface area contributed by atoms with Crippen LogP contribution in [0.25, 0.3) is 0 Å². The zero-order valence-corrected chi connectivity index (χ0v) is 16.7. The second-order valence-electron chi connectivity index (χ2n) is 6.79. The minimum atomic E-state index is -0.483. The highest BCUT2D eigenvalue weighted by atomic mass is 32.1. The van der Waals surface area contributed by atoms with E-state index in [-0.39, 0.29) is 18.1 Å². The van der Waals surface area contributed by atoms with Crippen LogP contribution in [0.1, 0.15) is 45.2 Å². The van der Waals surface area contributed by atoms with Crippen molar-refractivity contribution in [3.05, 3.63) is 74.0 Å². The Morgan fingerprint density at radius 2 is 2.00 bits per heavy atom. The molecule has 30 heavy (non-hydrogen) atoms. The predicted octanol–water partition coefficient (Wildman–Crippen LogP) is 4.83. The summed E-state index contributed by atoms with van der Waals surface area (Å²) >= 11 is 1.46. The van der Waals surface area contributed by atoms with Gasteiger partial charge in [0.2, 0.25) is 0 Å². The monoisotopic (exact) mass is 423 g/mol. The summed E-state index contributed by atoms with van der Waals surface area (Å²) in [4.78, 5) is 23.9. The Balaban J connectivity index is 1.40. The molecule has 0 aliphatic heterocycles. The SMILES string of the molecule is N#Cc1c(NC(=O)c2ccc(COc3ccc([N+](=O)[O-])cc3)o2)sc2c1CCCC2. The van der Waals surface area contributed by atoms with E-state index >= 15 is 0 Å². The lowest BCUT2D eigenvalue weighted by atomic mass is 9.96. The summed E-state index contributed by atoms with van der Waals surface area (Å²) < 4.78 is 11.1. The molecule has 0 atom stereocenters. The molecule has 2 aromatic heterocycles. The molecule has 1 amide bonds. The maximum Gasteiger partial charge on any atom is 0.292 e. The molecular formula is C21H17N3O5S. The topological polar surface area (TPSA) is 118 Å². The van der Waals surface area contributed by atoms with Gasteiger partial charge in [-0.05, 0) is 55.5 Å². The number of nitrogens with zero attached hydrogens (tertiary/aromatic N) is 2. The van der Waals surface area contributed by atoms with Crippen molar-refractivity contribution in [2.75, 3.05) is 5.32 Å². The number of ether oxygens (including phenoxy) is 1. The van der Waals surface area contributed by atoms with E-state index < -0.39 is 10.8 Å². The summed E-state index contributed by atoms with van der Waals surface area (Å²) in [5, 5.41) is 23.5. The van der Waals surface area contributed by atoms with Crippen LogP contribution in [0.3, 0.4) is 0 Å². The number of non-ortho nitro benzene ring substituents is 1. The molecule has 0 fully saturated rings. The van der Waals surface area contributed by atoms with E-state index in [2.05, 4.69) is 11.4 Å². The number of aryl methyl sites for hydroxylation is 1. The number of furan rings is 1. The van der Waals surface area contributed by atoms with Gasteiger partial charge in [-0.2, -0.15) is 5.26 Å². The standard InChI is InChI=1S/C21H17N3O5S/c22-11-17-16-3-1-2-4-19(16)30-21(17)23-20(25)18-10-9-15(29-18)12-28-14-7-5-13(6-8-14)24(26)27/h5-10H,1-4,12H2,(H,23,25). The minimum Gasteiger partial charge on any atom is -0.486 e. The van der Waals surface area contributed by atoms with Crippen molar-refractivity contribution in [1.29, 1.82) is 5.26 Å². The van der Waals surface area contributed by atoms with Crippen LogP contribution in [0.5, 0.6) is 5.75 Å². The van der Waals surface area contributed by atoms with Gasteiger partial charge in [-0.1, -0.05) is 0 Å². The number of nitro benzene ring substituents is 1. The van der Waals surface area contributed by atoms with E-state index in [1.807, 2.05) is 0 Å². The third-order valence-electron chi connectivity index (χ3n) is 4.82. The first-order chi connectivity index (χ1) is 14.5. The van der Waals surface area contributed by atoms with E-state index in [0.717, 1.165) is 31.2 Å². The molecule has 0 unspecified atom stereocenters. The molecule has 1 aliphatic rings. The van der Waals surface area contributed by atoms with E-state index in [1.54, 1.807) is 12.1 Å². The molecule has 1 aromatic carbocycles. The van der Waals surface area contributed by atoms with Crippen molar-refractivity contribution in [3.63, 3.8) is 0 Å². The number of amides is 1. The number of nitrogens with one attached hydrogen (secondary N) is 1. The molecule has 0 bridgehead atoms. The van der Waals surface area contributed by atoms with Crippen molar-refractivity contribution in [3.8, 4) is 11.8 Å². The largest absolute Gasteiger partial charge is 0.486 e. The van der Waals surface area contributed by atoms with Gasteiger partial charge in [0.15, 0.2) is 5.76 Å². The Kier molecular flexibility index (Phi) is 5.50. The number of carbonyl (C=O) groups is 1. The highest BCUT2D eigenvalue weighted by Gasteiger charge is 2.23. The van der Waals surface area contributed by atoms with Crippen LogP contribution in [-0.4, -0.2) is 10.8 Å². The first-order valence-corrected chi connectivity index (χ1v) is 10.2. The Hall–Kier alpha value is -3.64. The van der Waals surface area contributed by atoms with E-state index in [9.17, 15) is 20.2 Å². The number of benzene rings is 1. The molecule has 152 valence electrons. The van der Waals surface area contributed by atoms with Gasteiger partial charge in [-0.15, -0.1) is 11.3 Å². The average Bonchev–Trinajstić information content (AvgIpc) is 3.36. The lowest BCUT2D eigenvalue weighted by Crippen LogP contribution is -2.11. The first kappa shape index (κ1) is 19.7. The average molecular weight is 423 g/mol. The fourth-order valence-electron chi connectivity index (χ4n) is 3.33. The Morgan fingerprint density at radius 1 is 1.23 bits per heavy atom. The van der Waals surface area contributed by atoms with Crippen LogP contribution in [0.4, 0.5) is 10.7 Å². The fraction of sp³-hybridized carbons (Fsp3) is 0.238. The maximum absolute atomic E-state index is 12.6. The smallest absolute Gasteiger partial charge is 0.292 e. The number of anilines is 1. The summed E-state index contributed by atoms with van der Waals surface area (Å²) in [5.74, 6) is 0.578.